The molecule has 3 N–H and O–H groups in total. The third-order valence-electron chi connectivity index (χ3n) is 7.70. The van der Waals surface area contributed by atoms with Crippen LogP contribution in [-0.2, 0) is 11.2 Å². The zero-order valence-electron chi connectivity index (χ0n) is 25.0. The lowest BCUT2D eigenvalue weighted by Crippen LogP contribution is -2.40. The number of amides is 2. The van der Waals surface area contributed by atoms with Gasteiger partial charge in [0.2, 0.25) is 11.9 Å². The number of carbonyl (C=O) groups is 2. The molecule has 0 aliphatic heterocycles. The Morgan fingerprint density at radius 1 is 0.884 bits per heavy atom. The van der Waals surface area contributed by atoms with Gasteiger partial charge in [0.25, 0.3) is 5.91 Å². The second kappa shape index (κ2) is 13.4. The Hall–Kier alpha value is -4.86. The Bertz CT molecular complexity index is 1600. The third kappa shape index (κ3) is 7.14. The molecular formula is C33H38N6O4. The summed E-state index contributed by atoms with van der Waals surface area (Å²) in [6, 6.07) is 20.7. The van der Waals surface area contributed by atoms with Crippen LogP contribution in [0, 0.1) is 0 Å². The van der Waals surface area contributed by atoms with Crippen LogP contribution in [0.5, 0.6) is 11.5 Å². The molecule has 1 aromatic heterocycles. The maximum absolute atomic E-state index is 13.3. The number of anilines is 3. The van der Waals surface area contributed by atoms with Crippen LogP contribution in [0.25, 0.3) is 10.9 Å². The Balaban J connectivity index is 1.18. The zero-order chi connectivity index (χ0) is 30.3. The molecule has 0 saturated heterocycles. The second-order valence-corrected chi connectivity index (χ2v) is 10.9. The quantitative estimate of drug-likeness (QED) is 0.238. The van der Waals surface area contributed by atoms with Gasteiger partial charge in [-0.15, -0.1) is 0 Å². The third-order valence-corrected chi connectivity index (χ3v) is 7.70. The smallest absolute Gasteiger partial charge is 0.251 e. The van der Waals surface area contributed by atoms with E-state index in [1.165, 1.54) is 0 Å². The Kier molecular flexibility index (Phi) is 9.24. The van der Waals surface area contributed by atoms with Crippen LogP contribution < -0.4 is 30.3 Å². The van der Waals surface area contributed by atoms with Gasteiger partial charge in [-0.05, 0) is 61.6 Å². The van der Waals surface area contributed by atoms with Gasteiger partial charge in [0.05, 0.1) is 31.8 Å². The minimum absolute atomic E-state index is 0.0430. The number of fused-ring (bicyclic) bond motifs is 1. The number of carbonyl (C=O) groups excluding carboxylic acids is 2. The molecule has 0 radical (unpaired) electrons. The molecule has 4 aromatic rings. The minimum Gasteiger partial charge on any atom is -0.497 e. The number of nitrogens with one attached hydrogen (secondary N) is 3. The van der Waals surface area contributed by atoms with Crippen molar-refractivity contribution in [2.24, 2.45) is 0 Å². The van der Waals surface area contributed by atoms with Gasteiger partial charge >= 0.3 is 0 Å². The highest BCUT2D eigenvalue weighted by atomic mass is 16.5. The monoisotopic (exact) mass is 582 g/mol. The topological polar surface area (TPSA) is 118 Å². The molecule has 43 heavy (non-hydrogen) atoms. The standard InChI is InChI=1S/C33H38N6O4/c1-39(2)31-26-11-7-8-12-27(26)37-33(38-31)35-23-15-13-22(14-16-23)34-32(41)25-10-6-5-9-21(25)19-30(40)36-28-20-24(42-3)17-18-29(28)43-4/h5-12,17-18,20,22-23H,13-16,19H2,1-4H3,(H,34,41)(H,36,40)(H,35,37,38)/t22-,23+. The van der Waals surface area contributed by atoms with Crippen molar-refractivity contribution in [3.8, 4) is 11.5 Å². The predicted molar refractivity (Wildman–Crippen MR) is 169 cm³/mol. The van der Waals surface area contributed by atoms with E-state index >= 15 is 0 Å². The molecule has 224 valence electrons. The van der Waals surface area contributed by atoms with E-state index in [0.29, 0.717) is 34.3 Å². The Labute approximate surface area is 251 Å². The molecule has 0 spiro atoms. The molecule has 10 heteroatoms. The van der Waals surface area contributed by atoms with Gasteiger partial charge < -0.3 is 30.3 Å². The van der Waals surface area contributed by atoms with E-state index in [9.17, 15) is 9.59 Å². The first-order valence-electron chi connectivity index (χ1n) is 14.5. The number of nitrogens with zero attached hydrogens (tertiary/aromatic N) is 3. The molecule has 1 fully saturated rings. The highest BCUT2D eigenvalue weighted by Gasteiger charge is 2.25. The van der Waals surface area contributed by atoms with Crippen LogP contribution in [0.2, 0.25) is 0 Å². The van der Waals surface area contributed by atoms with Crippen LogP contribution >= 0.6 is 0 Å². The maximum atomic E-state index is 13.3. The zero-order valence-corrected chi connectivity index (χ0v) is 25.0. The van der Waals surface area contributed by atoms with Crippen molar-refractivity contribution in [2.45, 2.75) is 44.2 Å². The predicted octanol–water partition coefficient (Wildman–Crippen LogP) is 5.05. The molecule has 2 amide bonds. The number of benzene rings is 3. The summed E-state index contributed by atoms with van der Waals surface area (Å²) in [6.07, 6.45) is 3.46. The van der Waals surface area contributed by atoms with Crippen LogP contribution in [0.3, 0.4) is 0 Å². The first-order valence-corrected chi connectivity index (χ1v) is 14.5. The summed E-state index contributed by atoms with van der Waals surface area (Å²) in [5.41, 5.74) is 2.56. The molecule has 1 saturated carbocycles. The van der Waals surface area contributed by atoms with E-state index in [1.807, 2.05) is 61.5 Å². The van der Waals surface area contributed by atoms with Gasteiger partial charge in [0.15, 0.2) is 0 Å². The molecule has 1 aliphatic carbocycles. The largest absolute Gasteiger partial charge is 0.497 e. The van der Waals surface area contributed by atoms with Gasteiger partial charge in [-0.1, -0.05) is 30.3 Å². The summed E-state index contributed by atoms with van der Waals surface area (Å²) in [4.78, 5) is 37.8. The average molecular weight is 583 g/mol. The van der Waals surface area contributed by atoms with Gasteiger partial charge in [-0.2, -0.15) is 4.98 Å². The Morgan fingerprint density at radius 3 is 2.35 bits per heavy atom. The number of ether oxygens (including phenoxy) is 2. The van der Waals surface area contributed by atoms with Crippen LogP contribution in [0.15, 0.2) is 66.7 Å². The highest BCUT2D eigenvalue weighted by molar-refractivity contribution is 5.99. The summed E-state index contributed by atoms with van der Waals surface area (Å²) in [5, 5.41) is 10.6. The average Bonchev–Trinajstić information content (AvgIpc) is 3.01. The SMILES string of the molecule is COc1ccc(OC)c(NC(=O)Cc2ccccc2C(=O)N[C@H]2CC[C@@H](Nc3nc(N(C)C)c4ccccc4n3)CC2)c1. The lowest BCUT2D eigenvalue weighted by atomic mass is 9.91. The van der Waals surface area contributed by atoms with Gasteiger partial charge in [-0.25, -0.2) is 4.98 Å². The number of hydrogen-bond acceptors (Lipinski definition) is 8. The molecule has 0 unspecified atom stereocenters. The second-order valence-electron chi connectivity index (χ2n) is 10.9. The van der Waals surface area contributed by atoms with Crippen LogP contribution in [-0.4, -0.2) is 62.2 Å². The van der Waals surface area contributed by atoms with E-state index in [1.54, 1.807) is 38.5 Å². The number of aromatic nitrogens is 2. The molecular weight excluding hydrogens is 544 g/mol. The minimum atomic E-state index is -0.258. The summed E-state index contributed by atoms with van der Waals surface area (Å²) in [5.74, 6) is 2.19. The molecule has 5 rings (SSSR count). The van der Waals surface area contributed by atoms with Crippen molar-refractivity contribution in [3.63, 3.8) is 0 Å². The van der Waals surface area contributed by atoms with E-state index in [-0.39, 0.29) is 30.3 Å². The van der Waals surface area contributed by atoms with Crippen molar-refractivity contribution in [2.75, 3.05) is 43.8 Å². The van der Waals surface area contributed by atoms with E-state index in [2.05, 4.69) is 16.0 Å². The maximum Gasteiger partial charge on any atom is 0.251 e. The molecule has 10 nitrogen and oxygen atoms in total. The number of methoxy groups -OCH3 is 2. The molecule has 3 aromatic carbocycles. The van der Waals surface area contributed by atoms with Gasteiger partial charge in [-0.3, -0.25) is 9.59 Å². The van der Waals surface area contributed by atoms with Crippen LogP contribution in [0.1, 0.15) is 41.6 Å². The Morgan fingerprint density at radius 2 is 1.60 bits per heavy atom. The van der Waals surface area contributed by atoms with Crippen molar-refractivity contribution < 1.29 is 19.1 Å². The normalized spacial score (nSPS) is 16.3. The summed E-state index contributed by atoms with van der Waals surface area (Å²) < 4.78 is 10.6. The molecule has 0 bridgehead atoms. The molecule has 1 aliphatic rings. The summed E-state index contributed by atoms with van der Waals surface area (Å²) >= 11 is 0. The molecule has 1 heterocycles. The number of rotatable bonds is 10. The fourth-order valence-electron chi connectivity index (χ4n) is 5.47. The van der Waals surface area contributed by atoms with Crippen molar-refractivity contribution >= 4 is 40.2 Å². The number of hydrogen-bond donors (Lipinski definition) is 3. The van der Waals surface area contributed by atoms with Crippen LogP contribution in [0.4, 0.5) is 17.5 Å². The van der Waals surface area contributed by atoms with Crippen molar-refractivity contribution in [1.29, 1.82) is 0 Å². The van der Waals surface area contributed by atoms with E-state index in [4.69, 9.17) is 19.4 Å². The first kappa shape index (κ1) is 29.6. The fraction of sp³-hybridized carbons (Fsp3) is 0.333. The summed E-state index contributed by atoms with van der Waals surface area (Å²) in [6.45, 7) is 0. The first-order chi connectivity index (χ1) is 20.8. The molecule has 0 atom stereocenters. The van der Waals surface area contributed by atoms with Crippen molar-refractivity contribution in [1.82, 2.24) is 15.3 Å². The van der Waals surface area contributed by atoms with Gasteiger partial charge in [0.1, 0.15) is 17.3 Å². The number of para-hydroxylation sites is 1. The van der Waals surface area contributed by atoms with Crippen molar-refractivity contribution in [3.05, 3.63) is 77.9 Å². The summed E-state index contributed by atoms with van der Waals surface area (Å²) in [7, 11) is 7.06. The van der Waals surface area contributed by atoms with Gasteiger partial charge in [0, 0.05) is 43.2 Å². The van der Waals surface area contributed by atoms with E-state index in [0.717, 1.165) is 42.4 Å². The lowest BCUT2D eigenvalue weighted by Gasteiger charge is -2.30. The highest BCUT2D eigenvalue weighted by Crippen LogP contribution is 2.30. The van der Waals surface area contributed by atoms with E-state index < -0.39 is 0 Å². The fourth-order valence-corrected chi connectivity index (χ4v) is 5.47. The lowest BCUT2D eigenvalue weighted by molar-refractivity contribution is -0.115.